The van der Waals surface area contributed by atoms with Crippen LogP contribution in [0.15, 0.2) is 23.8 Å². The number of hydrogen-bond donors (Lipinski definition) is 1. The Hall–Kier alpha value is -0.990. The Labute approximate surface area is 115 Å². The lowest BCUT2D eigenvalue weighted by Crippen LogP contribution is -2.36. The molecule has 0 bridgehead atoms. The van der Waals surface area contributed by atoms with Gasteiger partial charge in [0.15, 0.2) is 0 Å². The third-order valence-electron chi connectivity index (χ3n) is 2.52. The first-order valence-electron chi connectivity index (χ1n) is 6.08. The van der Waals surface area contributed by atoms with Crippen molar-refractivity contribution >= 4 is 17.7 Å². The van der Waals surface area contributed by atoms with Crippen molar-refractivity contribution < 1.29 is 4.74 Å². The molecule has 0 aliphatic heterocycles. The second kappa shape index (κ2) is 6.26. The van der Waals surface area contributed by atoms with E-state index in [1.807, 2.05) is 18.2 Å². The molecule has 1 aromatic rings. The van der Waals surface area contributed by atoms with Crippen LogP contribution in [0.3, 0.4) is 0 Å². The summed E-state index contributed by atoms with van der Waals surface area (Å²) in [6.45, 7) is 9.36. The molecule has 1 aromatic carbocycles. The summed E-state index contributed by atoms with van der Waals surface area (Å²) in [5.74, 6) is 0.803. The molecule has 1 N–H and O–H groups in total. The second-order valence-electron chi connectivity index (χ2n) is 5.45. The van der Waals surface area contributed by atoms with Crippen LogP contribution >= 0.6 is 11.6 Å². The van der Waals surface area contributed by atoms with Gasteiger partial charge in [0.05, 0.1) is 12.1 Å². The van der Waals surface area contributed by atoms with Gasteiger partial charge in [-0.15, -0.1) is 0 Å². The fourth-order valence-corrected chi connectivity index (χ4v) is 1.76. The maximum absolute atomic E-state index is 6.20. The monoisotopic (exact) mass is 267 g/mol. The maximum Gasteiger partial charge on any atom is 0.127 e. The molecule has 0 aliphatic carbocycles. The van der Waals surface area contributed by atoms with Crippen LogP contribution in [0.25, 0.3) is 6.08 Å². The number of nitrogens with one attached hydrogen (secondary N) is 1. The summed E-state index contributed by atoms with van der Waals surface area (Å²) in [5.41, 5.74) is 2.27. The summed E-state index contributed by atoms with van der Waals surface area (Å²) < 4.78 is 5.32. The highest BCUT2D eigenvalue weighted by atomic mass is 35.5. The van der Waals surface area contributed by atoms with Crippen molar-refractivity contribution in [3.8, 4) is 5.75 Å². The van der Waals surface area contributed by atoms with E-state index in [1.165, 1.54) is 5.57 Å². The molecular formula is C15H22ClNO. The summed E-state index contributed by atoms with van der Waals surface area (Å²) in [6, 6.07) is 5.68. The number of rotatable bonds is 4. The van der Waals surface area contributed by atoms with Gasteiger partial charge in [-0.3, -0.25) is 0 Å². The number of halogens is 1. The third-order valence-corrected chi connectivity index (χ3v) is 2.85. The minimum absolute atomic E-state index is 0.111. The Morgan fingerprint density at radius 3 is 2.61 bits per heavy atom. The van der Waals surface area contributed by atoms with Crippen molar-refractivity contribution in [2.75, 3.05) is 13.7 Å². The first-order chi connectivity index (χ1) is 8.33. The van der Waals surface area contributed by atoms with E-state index in [4.69, 9.17) is 16.3 Å². The molecule has 1 rings (SSSR count). The van der Waals surface area contributed by atoms with Crippen molar-refractivity contribution in [1.82, 2.24) is 5.32 Å². The number of hydrogen-bond acceptors (Lipinski definition) is 2. The molecule has 0 unspecified atom stereocenters. The highest BCUT2D eigenvalue weighted by Crippen LogP contribution is 2.28. The molecule has 0 aromatic heterocycles. The summed E-state index contributed by atoms with van der Waals surface area (Å²) in [7, 11) is 1.66. The molecule has 0 aliphatic rings. The Morgan fingerprint density at radius 1 is 1.39 bits per heavy atom. The van der Waals surface area contributed by atoms with Crippen LogP contribution in [0.4, 0.5) is 0 Å². The number of benzene rings is 1. The summed E-state index contributed by atoms with van der Waals surface area (Å²) >= 11 is 6.20. The highest BCUT2D eigenvalue weighted by Gasteiger charge is 2.09. The predicted octanol–water partition coefficient (Wildman–Crippen LogP) is 4.14. The quantitative estimate of drug-likeness (QED) is 0.885. The maximum atomic E-state index is 6.20. The van der Waals surface area contributed by atoms with Gasteiger partial charge in [-0.2, -0.15) is 0 Å². The zero-order valence-electron chi connectivity index (χ0n) is 11.8. The van der Waals surface area contributed by atoms with Gasteiger partial charge < -0.3 is 10.1 Å². The van der Waals surface area contributed by atoms with Gasteiger partial charge in [-0.25, -0.2) is 0 Å². The summed E-state index contributed by atoms with van der Waals surface area (Å²) in [6.07, 6.45) is 2.07. The molecule has 2 nitrogen and oxygen atoms in total. The van der Waals surface area contributed by atoms with Crippen LogP contribution in [0.1, 0.15) is 33.3 Å². The molecule has 0 spiro atoms. The van der Waals surface area contributed by atoms with Gasteiger partial charge in [-0.05, 0) is 45.9 Å². The van der Waals surface area contributed by atoms with Gasteiger partial charge in [0.1, 0.15) is 5.75 Å². The Balaban J connectivity index is 2.88. The van der Waals surface area contributed by atoms with Crippen LogP contribution in [0.2, 0.25) is 5.02 Å². The standard InChI is InChI=1S/C15H22ClNO/c1-11(10-17-15(2,3)4)9-12-13(16)7-6-8-14(12)18-5/h6-9,17H,10H2,1-5H3/b11-9-. The van der Waals surface area contributed by atoms with Crippen LogP contribution in [0.5, 0.6) is 5.75 Å². The number of ether oxygens (including phenoxy) is 1. The van der Waals surface area contributed by atoms with E-state index >= 15 is 0 Å². The molecule has 0 atom stereocenters. The lowest BCUT2D eigenvalue weighted by molar-refractivity contribution is 0.414. The van der Waals surface area contributed by atoms with Crippen molar-refractivity contribution in [2.24, 2.45) is 0 Å². The third kappa shape index (κ3) is 4.71. The molecule has 0 heterocycles. The lowest BCUT2D eigenvalue weighted by Gasteiger charge is -2.20. The van der Waals surface area contributed by atoms with E-state index in [1.54, 1.807) is 7.11 Å². The first kappa shape index (κ1) is 15.1. The lowest BCUT2D eigenvalue weighted by atomic mass is 10.1. The zero-order chi connectivity index (χ0) is 13.8. The Bertz CT molecular complexity index is 433. The molecule has 0 radical (unpaired) electrons. The fourth-order valence-electron chi connectivity index (χ4n) is 1.54. The minimum atomic E-state index is 0.111. The van der Waals surface area contributed by atoms with Crippen molar-refractivity contribution in [2.45, 2.75) is 33.2 Å². The van der Waals surface area contributed by atoms with Crippen LogP contribution in [-0.2, 0) is 0 Å². The average molecular weight is 268 g/mol. The van der Waals surface area contributed by atoms with Gasteiger partial charge in [0.25, 0.3) is 0 Å². The van der Waals surface area contributed by atoms with Crippen molar-refractivity contribution in [3.63, 3.8) is 0 Å². The van der Waals surface area contributed by atoms with Gasteiger partial charge >= 0.3 is 0 Å². The SMILES string of the molecule is COc1cccc(Cl)c1/C=C(/C)CNC(C)(C)C. The van der Waals surface area contributed by atoms with Crippen molar-refractivity contribution in [3.05, 3.63) is 34.4 Å². The highest BCUT2D eigenvalue weighted by molar-refractivity contribution is 6.32. The van der Waals surface area contributed by atoms with Gasteiger partial charge in [0, 0.05) is 17.6 Å². The van der Waals surface area contributed by atoms with Crippen molar-refractivity contribution in [1.29, 1.82) is 0 Å². The van der Waals surface area contributed by atoms with E-state index < -0.39 is 0 Å². The number of methoxy groups -OCH3 is 1. The normalized spacial score (nSPS) is 12.7. The second-order valence-corrected chi connectivity index (χ2v) is 5.86. The minimum Gasteiger partial charge on any atom is -0.496 e. The molecule has 0 fully saturated rings. The topological polar surface area (TPSA) is 21.3 Å². The van der Waals surface area contributed by atoms with Gasteiger partial charge in [-0.1, -0.05) is 23.2 Å². The summed E-state index contributed by atoms with van der Waals surface area (Å²) in [5, 5.41) is 4.16. The van der Waals surface area contributed by atoms with Gasteiger partial charge in [0.2, 0.25) is 0 Å². The zero-order valence-corrected chi connectivity index (χ0v) is 12.6. The van der Waals surface area contributed by atoms with Crippen LogP contribution in [0, 0.1) is 0 Å². The van der Waals surface area contributed by atoms with E-state index in [0.717, 1.165) is 17.9 Å². The van der Waals surface area contributed by atoms with Crippen LogP contribution in [-0.4, -0.2) is 19.2 Å². The van der Waals surface area contributed by atoms with E-state index in [9.17, 15) is 0 Å². The van der Waals surface area contributed by atoms with E-state index in [0.29, 0.717) is 5.02 Å². The average Bonchev–Trinajstić information content (AvgIpc) is 2.28. The molecule has 0 amide bonds. The summed E-state index contributed by atoms with van der Waals surface area (Å²) in [4.78, 5) is 0. The van der Waals surface area contributed by atoms with Crippen LogP contribution < -0.4 is 10.1 Å². The smallest absolute Gasteiger partial charge is 0.127 e. The molecule has 0 saturated carbocycles. The largest absolute Gasteiger partial charge is 0.496 e. The van der Waals surface area contributed by atoms with E-state index in [-0.39, 0.29) is 5.54 Å². The molecule has 18 heavy (non-hydrogen) atoms. The fraction of sp³-hybridized carbons (Fsp3) is 0.467. The predicted molar refractivity (Wildman–Crippen MR) is 79.4 cm³/mol. The molecule has 3 heteroatoms. The van der Waals surface area contributed by atoms with E-state index in [2.05, 4.69) is 39.1 Å². The molecule has 0 saturated heterocycles. The first-order valence-corrected chi connectivity index (χ1v) is 6.46. The molecule has 100 valence electrons. The Kier molecular flexibility index (Phi) is 5.24. The Morgan fingerprint density at radius 2 is 2.06 bits per heavy atom. The molecular weight excluding hydrogens is 246 g/mol.